The molecule has 1 aliphatic heterocycles. The highest BCUT2D eigenvalue weighted by molar-refractivity contribution is 6.07. The summed E-state index contributed by atoms with van der Waals surface area (Å²) in [5, 5.41) is 14.6. The van der Waals surface area contributed by atoms with E-state index in [2.05, 4.69) is 21.4 Å². The molecule has 164 valence electrons. The molecule has 6 nitrogen and oxygen atoms in total. The number of fused-ring (bicyclic) bond motifs is 1. The molecule has 0 saturated carbocycles. The molecule has 1 saturated heterocycles. The van der Waals surface area contributed by atoms with Gasteiger partial charge in [-0.25, -0.2) is 4.98 Å². The topological polar surface area (TPSA) is 84.8 Å². The van der Waals surface area contributed by atoms with Crippen molar-refractivity contribution in [3.63, 3.8) is 0 Å². The molecule has 1 atom stereocenters. The molecule has 0 bridgehead atoms. The van der Waals surface area contributed by atoms with Crippen LogP contribution in [0.5, 0.6) is 0 Å². The van der Waals surface area contributed by atoms with Crippen molar-refractivity contribution < 1.29 is 4.79 Å². The van der Waals surface area contributed by atoms with Crippen molar-refractivity contribution in [1.29, 1.82) is 5.26 Å². The van der Waals surface area contributed by atoms with E-state index in [4.69, 9.17) is 5.26 Å². The van der Waals surface area contributed by atoms with E-state index in [0.717, 1.165) is 46.4 Å². The van der Waals surface area contributed by atoms with Gasteiger partial charge in [-0.1, -0.05) is 48.5 Å². The summed E-state index contributed by atoms with van der Waals surface area (Å²) in [5.74, 6) is 0.998. The molecular weight excluding hydrogens is 410 g/mol. The number of nitriles is 1. The standard InChI is InChI=1S/C27H25N5O/c28-15-20-10-8-19(9-11-20)14-26-30-17-23(31-26)16-29-22-12-13-32(18-22)27(33)25-7-3-5-21-4-1-2-6-24(21)25/h1-11,17,22,29H,12-14,16,18H2,(H,30,31)/t22-/m0/s1. The quantitative estimate of drug-likeness (QED) is 0.479. The molecule has 1 aliphatic rings. The Morgan fingerprint density at radius 2 is 1.94 bits per heavy atom. The third kappa shape index (κ3) is 4.64. The Morgan fingerprint density at radius 3 is 2.79 bits per heavy atom. The number of carbonyl (C=O) groups is 1. The van der Waals surface area contributed by atoms with E-state index in [0.29, 0.717) is 25.1 Å². The minimum Gasteiger partial charge on any atom is -0.345 e. The van der Waals surface area contributed by atoms with Gasteiger partial charge in [-0.05, 0) is 41.0 Å². The van der Waals surface area contributed by atoms with Gasteiger partial charge in [0.25, 0.3) is 5.91 Å². The predicted octanol–water partition coefficient (Wildman–Crippen LogP) is 4.03. The molecule has 6 heteroatoms. The first kappa shape index (κ1) is 20.9. The van der Waals surface area contributed by atoms with E-state index in [-0.39, 0.29) is 11.9 Å². The van der Waals surface area contributed by atoms with Crippen LogP contribution in [0.2, 0.25) is 0 Å². The number of aromatic amines is 1. The Labute approximate surface area is 192 Å². The minimum absolute atomic E-state index is 0.0994. The second-order valence-corrected chi connectivity index (χ2v) is 8.49. The van der Waals surface area contributed by atoms with Crippen LogP contribution in [0.15, 0.2) is 72.9 Å². The number of benzene rings is 3. The van der Waals surface area contributed by atoms with E-state index in [1.807, 2.05) is 77.8 Å². The zero-order valence-corrected chi connectivity index (χ0v) is 18.3. The number of likely N-dealkylation sites (tertiary alicyclic amines) is 1. The monoisotopic (exact) mass is 435 g/mol. The first-order chi connectivity index (χ1) is 16.2. The smallest absolute Gasteiger partial charge is 0.254 e. The van der Waals surface area contributed by atoms with Crippen molar-refractivity contribution in [3.05, 3.63) is 101 Å². The van der Waals surface area contributed by atoms with Crippen molar-refractivity contribution in [2.75, 3.05) is 13.1 Å². The lowest BCUT2D eigenvalue weighted by Gasteiger charge is -2.18. The third-order valence-electron chi connectivity index (χ3n) is 6.21. The highest BCUT2D eigenvalue weighted by atomic mass is 16.2. The number of rotatable bonds is 6. The predicted molar refractivity (Wildman–Crippen MR) is 128 cm³/mol. The van der Waals surface area contributed by atoms with Crippen molar-refractivity contribution in [1.82, 2.24) is 20.2 Å². The van der Waals surface area contributed by atoms with Gasteiger partial charge in [0.15, 0.2) is 0 Å². The van der Waals surface area contributed by atoms with Crippen LogP contribution in [-0.2, 0) is 13.0 Å². The van der Waals surface area contributed by atoms with Gasteiger partial charge in [-0.15, -0.1) is 0 Å². The number of amides is 1. The Morgan fingerprint density at radius 1 is 1.12 bits per heavy atom. The lowest BCUT2D eigenvalue weighted by molar-refractivity contribution is 0.0791. The normalized spacial score (nSPS) is 15.6. The number of nitrogens with one attached hydrogen (secondary N) is 2. The fourth-order valence-electron chi connectivity index (χ4n) is 4.42. The van der Waals surface area contributed by atoms with Gasteiger partial charge < -0.3 is 15.2 Å². The number of imidazole rings is 1. The average Bonchev–Trinajstić information content (AvgIpc) is 3.52. The van der Waals surface area contributed by atoms with Crippen molar-refractivity contribution >= 4 is 16.7 Å². The Balaban J connectivity index is 1.16. The first-order valence-electron chi connectivity index (χ1n) is 11.2. The van der Waals surface area contributed by atoms with Crippen LogP contribution in [0.3, 0.4) is 0 Å². The zero-order valence-electron chi connectivity index (χ0n) is 18.3. The summed E-state index contributed by atoms with van der Waals surface area (Å²) in [6, 6.07) is 23.9. The molecule has 1 amide bonds. The van der Waals surface area contributed by atoms with Crippen LogP contribution >= 0.6 is 0 Å². The molecule has 0 aliphatic carbocycles. The van der Waals surface area contributed by atoms with Gasteiger partial charge in [0.05, 0.1) is 11.6 Å². The molecule has 0 spiro atoms. The van der Waals surface area contributed by atoms with E-state index in [9.17, 15) is 4.79 Å². The lowest BCUT2D eigenvalue weighted by Crippen LogP contribution is -2.35. The average molecular weight is 436 g/mol. The maximum atomic E-state index is 13.2. The van der Waals surface area contributed by atoms with Crippen molar-refractivity contribution in [2.45, 2.75) is 25.4 Å². The second kappa shape index (κ2) is 9.27. The van der Waals surface area contributed by atoms with Crippen molar-refractivity contribution in [3.8, 4) is 6.07 Å². The molecule has 2 N–H and O–H groups in total. The fourth-order valence-corrected chi connectivity index (χ4v) is 4.42. The van der Waals surface area contributed by atoms with Crippen LogP contribution in [-0.4, -0.2) is 39.9 Å². The van der Waals surface area contributed by atoms with Gasteiger partial charge in [0.2, 0.25) is 0 Å². The van der Waals surface area contributed by atoms with E-state index in [1.54, 1.807) is 0 Å². The van der Waals surface area contributed by atoms with E-state index in [1.165, 1.54) is 0 Å². The van der Waals surface area contributed by atoms with Crippen LogP contribution in [0, 0.1) is 11.3 Å². The van der Waals surface area contributed by atoms with E-state index < -0.39 is 0 Å². The highest BCUT2D eigenvalue weighted by Gasteiger charge is 2.27. The molecular formula is C27H25N5O. The molecule has 0 unspecified atom stereocenters. The van der Waals surface area contributed by atoms with E-state index >= 15 is 0 Å². The highest BCUT2D eigenvalue weighted by Crippen LogP contribution is 2.22. The Kier molecular flexibility index (Phi) is 5.88. The molecule has 1 fully saturated rings. The second-order valence-electron chi connectivity index (χ2n) is 8.49. The van der Waals surface area contributed by atoms with Gasteiger partial charge in [0.1, 0.15) is 5.82 Å². The minimum atomic E-state index is 0.0994. The summed E-state index contributed by atoms with van der Waals surface area (Å²) in [7, 11) is 0. The molecule has 2 heterocycles. The summed E-state index contributed by atoms with van der Waals surface area (Å²) in [6.45, 7) is 2.14. The van der Waals surface area contributed by atoms with Gasteiger partial charge in [-0.2, -0.15) is 5.26 Å². The molecule has 5 rings (SSSR count). The number of hydrogen-bond donors (Lipinski definition) is 2. The lowest BCUT2D eigenvalue weighted by atomic mass is 10.0. The Hall–Kier alpha value is -3.95. The van der Waals surface area contributed by atoms with Crippen LogP contribution in [0.1, 0.15) is 39.4 Å². The van der Waals surface area contributed by atoms with Crippen LogP contribution < -0.4 is 5.32 Å². The summed E-state index contributed by atoms with van der Waals surface area (Å²) < 4.78 is 0. The third-order valence-corrected chi connectivity index (χ3v) is 6.21. The van der Waals surface area contributed by atoms with Crippen LogP contribution in [0.4, 0.5) is 0 Å². The maximum absolute atomic E-state index is 13.2. The van der Waals surface area contributed by atoms with Gasteiger partial charge >= 0.3 is 0 Å². The Bertz CT molecular complexity index is 1310. The summed E-state index contributed by atoms with van der Waals surface area (Å²) >= 11 is 0. The number of H-pyrrole nitrogens is 1. The summed E-state index contributed by atoms with van der Waals surface area (Å²) in [6.07, 6.45) is 3.49. The SMILES string of the molecule is N#Cc1ccc(Cc2ncc(CN[C@H]3CCN(C(=O)c4cccc5ccccc45)C3)[nH]2)cc1. The number of carbonyl (C=O) groups excluding carboxylic acids is 1. The fraction of sp³-hybridized carbons (Fsp3) is 0.222. The molecule has 4 aromatic rings. The maximum Gasteiger partial charge on any atom is 0.254 e. The van der Waals surface area contributed by atoms with Gasteiger partial charge in [-0.3, -0.25) is 4.79 Å². The number of aromatic nitrogens is 2. The largest absolute Gasteiger partial charge is 0.345 e. The molecule has 0 radical (unpaired) electrons. The summed E-state index contributed by atoms with van der Waals surface area (Å²) in [4.78, 5) is 23.0. The van der Waals surface area contributed by atoms with Crippen LogP contribution in [0.25, 0.3) is 10.8 Å². The number of hydrogen-bond acceptors (Lipinski definition) is 4. The molecule has 1 aromatic heterocycles. The molecule has 3 aromatic carbocycles. The number of nitrogens with zero attached hydrogens (tertiary/aromatic N) is 3. The first-order valence-corrected chi connectivity index (χ1v) is 11.2. The summed E-state index contributed by atoms with van der Waals surface area (Å²) in [5.41, 5.74) is 3.57. The molecule has 33 heavy (non-hydrogen) atoms. The zero-order chi connectivity index (χ0) is 22.6. The van der Waals surface area contributed by atoms with Gasteiger partial charge in [0, 0.05) is 49.6 Å². The van der Waals surface area contributed by atoms with Crippen molar-refractivity contribution in [2.24, 2.45) is 0 Å².